The number of hydrogen-bond acceptors (Lipinski definition) is 3. The van der Waals surface area contributed by atoms with E-state index in [2.05, 4.69) is 10.6 Å². The fourth-order valence-corrected chi connectivity index (χ4v) is 2.31. The van der Waals surface area contributed by atoms with E-state index in [1.807, 2.05) is 7.05 Å². The minimum Gasteiger partial charge on any atom is -0.386 e. The van der Waals surface area contributed by atoms with Gasteiger partial charge in [0.05, 0.1) is 6.10 Å². The smallest absolute Gasteiger partial charge is 0.220 e. The van der Waals surface area contributed by atoms with E-state index in [-0.39, 0.29) is 12.5 Å². The van der Waals surface area contributed by atoms with Crippen molar-refractivity contribution in [3.05, 3.63) is 33.8 Å². The summed E-state index contributed by atoms with van der Waals surface area (Å²) >= 11 is 12.0. The summed E-state index contributed by atoms with van der Waals surface area (Å²) in [4.78, 5) is 11.5. The number of carbonyl (C=O) groups excluding carboxylic acids is 1. The van der Waals surface area contributed by atoms with Gasteiger partial charge in [-0.15, -0.1) is 0 Å². The molecule has 1 aromatic carbocycles. The molecule has 0 aliphatic rings. The Bertz CT molecular complexity index is 407. The van der Waals surface area contributed by atoms with Crippen molar-refractivity contribution in [1.29, 1.82) is 0 Å². The molecule has 0 heterocycles. The van der Waals surface area contributed by atoms with Gasteiger partial charge in [0.15, 0.2) is 0 Å². The quantitative estimate of drug-likeness (QED) is 0.676. The van der Waals surface area contributed by atoms with Crippen LogP contribution in [0.3, 0.4) is 0 Å². The van der Waals surface area contributed by atoms with Gasteiger partial charge in [-0.2, -0.15) is 0 Å². The number of aliphatic hydroxyl groups excluding tert-OH is 1. The van der Waals surface area contributed by atoms with Gasteiger partial charge in [0.2, 0.25) is 5.91 Å². The summed E-state index contributed by atoms with van der Waals surface area (Å²) in [6.45, 7) is 0.883. The molecule has 1 aromatic rings. The largest absolute Gasteiger partial charge is 0.386 e. The van der Waals surface area contributed by atoms with Crippen LogP contribution in [0.15, 0.2) is 18.2 Å². The first-order valence-corrected chi connectivity index (χ1v) is 6.85. The Balaban J connectivity index is 2.47. The molecule has 0 saturated heterocycles. The lowest BCUT2D eigenvalue weighted by atomic mass is 10.1. The highest BCUT2D eigenvalue weighted by atomic mass is 35.5. The average molecular weight is 305 g/mol. The van der Waals surface area contributed by atoms with E-state index in [0.717, 1.165) is 13.0 Å². The molecule has 0 radical (unpaired) electrons. The van der Waals surface area contributed by atoms with Crippen LogP contribution in [0.4, 0.5) is 0 Å². The summed E-state index contributed by atoms with van der Waals surface area (Å²) in [6, 6.07) is 5.01. The predicted octanol–water partition coefficient (Wildman–Crippen LogP) is 2.14. The van der Waals surface area contributed by atoms with Gasteiger partial charge in [-0.3, -0.25) is 4.79 Å². The number of nitrogens with one attached hydrogen (secondary N) is 2. The molecule has 0 aliphatic carbocycles. The number of hydrogen-bond donors (Lipinski definition) is 3. The molecule has 19 heavy (non-hydrogen) atoms. The molecule has 1 amide bonds. The predicted molar refractivity (Wildman–Crippen MR) is 77.6 cm³/mol. The van der Waals surface area contributed by atoms with Crippen molar-refractivity contribution in [2.75, 3.05) is 20.1 Å². The molecule has 1 unspecified atom stereocenters. The first kappa shape index (κ1) is 16.2. The molecule has 1 atom stereocenters. The minimum atomic E-state index is -0.908. The lowest BCUT2D eigenvalue weighted by Crippen LogP contribution is -2.29. The molecule has 6 heteroatoms. The molecular weight excluding hydrogens is 287 g/mol. The fraction of sp³-hybridized carbons (Fsp3) is 0.462. The van der Waals surface area contributed by atoms with Crippen molar-refractivity contribution < 1.29 is 9.90 Å². The Morgan fingerprint density at radius 3 is 2.58 bits per heavy atom. The van der Waals surface area contributed by atoms with Crippen molar-refractivity contribution in [2.24, 2.45) is 0 Å². The van der Waals surface area contributed by atoms with Gasteiger partial charge in [0.1, 0.15) is 0 Å². The van der Waals surface area contributed by atoms with Crippen LogP contribution < -0.4 is 10.6 Å². The second-order valence-electron chi connectivity index (χ2n) is 4.16. The highest BCUT2D eigenvalue weighted by Crippen LogP contribution is 2.29. The molecule has 3 N–H and O–H groups in total. The van der Waals surface area contributed by atoms with Gasteiger partial charge in [0, 0.05) is 28.6 Å². The van der Waals surface area contributed by atoms with Crippen molar-refractivity contribution in [1.82, 2.24) is 10.6 Å². The van der Waals surface area contributed by atoms with Gasteiger partial charge in [0.25, 0.3) is 0 Å². The van der Waals surface area contributed by atoms with Gasteiger partial charge in [-0.25, -0.2) is 0 Å². The lowest BCUT2D eigenvalue weighted by Gasteiger charge is -2.15. The zero-order chi connectivity index (χ0) is 14.3. The average Bonchev–Trinajstić information content (AvgIpc) is 2.36. The van der Waals surface area contributed by atoms with Gasteiger partial charge < -0.3 is 15.7 Å². The van der Waals surface area contributed by atoms with Crippen molar-refractivity contribution in [3.8, 4) is 0 Å². The topological polar surface area (TPSA) is 61.4 Å². The SMILES string of the molecule is CNCCCC(=O)NCC(O)c1c(Cl)cccc1Cl. The van der Waals surface area contributed by atoms with E-state index >= 15 is 0 Å². The monoisotopic (exact) mass is 304 g/mol. The molecular formula is C13H18Cl2N2O2. The molecule has 0 aromatic heterocycles. The van der Waals surface area contributed by atoms with Crippen molar-refractivity contribution in [3.63, 3.8) is 0 Å². The Morgan fingerprint density at radius 2 is 2.00 bits per heavy atom. The zero-order valence-electron chi connectivity index (χ0n) is 10.7. The second kappa shape index (κ2) is 8.38. The van der Waals surface area contributed by atoms with Crippen LogP contribution in [0.1, 0.15) is 24.5 Å². The van der Waals surface area contributed by atoms with Crippen LogP contribution in [0, 0.1) is 0 Å². The Morgan fingerprint density at radius 1 is 1.37 bits per heavy atom. The maximum absolute atomic E-state index is 11.5. The van der Waals surface area contributed by atoms with E-state index in [1.54, 1.807) is 18.2 Å². The van der Waals surface area contributed by atoms with Gasteiger partial charge in [-0.05, 0) is 32.1 Å². The maximum Gasteiger partial charge on any atom is 0.220 e. The third-order valence-corrected chi connectivity index (χ3v) is 3.32. The van der Waals surface area contributed by atoms with Crippen LogP contribution >= 0.6 is 23.2 Å². The number of halogens is 2. The first-order chi connectivity index (χ1) is 9.06. The van der Waals surface area contributed by atoms with E-state index in [4.69, 9.17) is 23.2 Å². The van der Waals surface area contributed by atoms with Gasteiger partial charge >= 0.3 is 0 Å². The zero-order valence-corrected chi connectivity index (χ0v) is 12.3. The summed E-state index contributed by atoms with van der Waals surface area (Å²) in [7, 11) is 1.83. The van der Waals surface area contributed by atoms with Crippen LogP contribution in [0.25, 0.3) is 0 Å². The van der Waals surface area contributed by atoms with E-state index < -0.39 is 6.10 Å². The van der Waals surface area contributed by atoms with Crippen LogP contribution in [-0.4, -0.2) is 31.2 Å². The molecule has 0 fully saturated rings. The summed E-state index contributed by atoms with van der Waals surface area (Å²) in [5, 5.41) is 16.4. The Hall–Kier alpha value is -0.810. The summed E-state index contributed by atoms with van der Waals surface area (Å²) in [5.41, 5.74) is 0.446. The maximum atomic E-state index is 11.5. The molecule has 106 valence electrons. The standard InChI is InChI=1S/C13H18Cl2N2O2/c1-16-7-3-6-12(19)17-8-11(18)13-9(14)4-2-5-10(13)15/h2,4-5,11,16,18H,3,6-8H2,1H3,(H,17,19). The minimum absolute atomic E-state index is 0.0990. The lowest BCUT2D eigenvalue weighted by molar-refractivity contribution is -0.121. The number of carbonyl (C=O) groups is 1. The van der Waals surface area contributed by atoms with Gasteiger partial charge in [-0.1, -0.05) is 29.3 Å². The van der Waals surface area contributed by atoms with Crippen LogP contribution in [0.2, 0.25) is 10.0 Å². The molecule has 0 spiro atoms. The molecule has 4 nitrogen and oxygen atoms in total. The summed E-state index contributed by atoms with van der Waals surface area (Å²) in [6.07, 6.45) is 0.268. The van der Waals surface area contributed by atoms with Crippen molar-refractivity contribution >= 4 is 29.1 Å². The number of benzene rings is 1. The van der Waals surface area contributed by atoms with Crippen LogP contribution in [-0.2, 0) is 4.79 Å². The summed E-state index contributed by atoms with van der Waals surface area (Å²) in [5.74, 6) is -0.0996. The van der Waals surface area contributed by atoms with E-state index in [1.165, 1.54) is 0 Å². The highest BCUT2D eigenvalue weighted by molar-refractivity contribution is 6.36. The Labute approximate surface area is 123 Å². The highest BCUT2D eigenvalue weighted by Gasteiger charge is 2.16. The Kier molecular flexibility index (Phi) is 7.16. The number of aliphatic hydroxyl groups is 1. The van der Waals surface area contributed by atoms with E-state index in [0.29, 0.717) is 22.0 Å². The normalized spacial score (nSPS) is 12.2. The van der Waals surface area contributed by atoms with Crippen LogP contribution in [0.5, 0.6) is 0 Å². The van der Waals surface area contributed by atoms with Crippen molar-refractivity contribution in [2.45, 2.75) is 18.9 Å². The summed E-state index contributed by atoms with van der Waals surface area (Å²) < 4.78 is 0. The fourth-order valence-electron chi connectivity index (χ4n) is 1.66. The molecule has 1 rings (SSSR count). The third kappa shape index (κ3) is 5.37. The van der Waals surface area contributed by atoms with E-state index in [9.17, 15) is 9.90 Å². The third-order valence-electron chi connectivity index (χ3n) is 2.66. The molecule has 0 saturated carbocycles. The number of amides is 1. The number of rotatable bonds is 7. The first-order valence-electron chi connectivity index (χ1n) is 6.09. The molecule has 0 aliphatic heterocycles. The molecule has 0 bridgehead atoms. The second-order valence-corrected chi connectivity index (χ2v) is 4.98.